The minimum absolute atomic E-state index is 0.144. The molecule has 0 aliphatic heterocycles. The summed E-state index contributed by atoms with van der Waals surface area (Å²) in [7, 11) is 1.60. The van der Waals surface area contributed by atoms with Crippen LogP contribution in [0.25, 0.3) is 0 Å². The van der Waals surface area contributed by atoms with Gasteiger partial charge in [0, 0.05) is 19.3 Å². The number of amides is 1. The van der Waals surface area contributed by atoms with Gasteiger partial charge in [0.1, 0.15) is 4.88 Å². The van der Waals surface area contributed by atoms with Gasteiger partial charge in [-0.05, 0) is 31.4 Å². The van der Waals surface area contributed by atoms with Gasteiger partial charge in [-0.25, -0.2) is 0 Å². The molecule has 0 unspecified atom stereocenters. The predicted octanol–water partition coefficient (Wildman–Crippen LogP) is 1.77. The molecule has 7 heteroatoms. The highest BCUT2D eigenvalue weighted by Crippen LogP contribution is 2.28. The van der Waals surface area contributed by atoms with Crippen molar-refractivity contribution in [2.45, 2.75) is 19.8 Å². The first-order valence-corrected chi connectivity index (χ1v) is 7.27. The second-order valence-electron chi connectivity index (χ2n) is 4.52. The molecule has 108 valence electrons. The van der Waals surface area contributed by atoms with Gasteiger partial charge in [-0.3, -0.25) is 9.89 Å². The largest absolute Gasteiger partial charge is 0.397 e. The summed E-state index contributed by atoms with van der Waals surface area (Å²) in [5.41, 5.74) is 8.69. The Morgan fingerprint density at radius 3 is 3.00 bits per heavy atom. The summed E-state index contributed by atoms with van der Waals surface area (Å²) in [6.07, 6.45) is 3.83. The second-order valence-corrected chi connectivity index (χ2v) is 5.58. The summed E-state index contributed by atoms with van der Waals surface area (Å²) in [6.45, 7) is 2.85. The van der Waals surface area contributed by atoms with Gasteiger partial charge in [0.15, 0.2) is 0 Å². The zero-order chi connectivity index (χ0) is 14.5. The predicted molar refractivity (Wildman–Crippen MR) is 82.3 cm³/mol. The number of hydrogen-bond acceptors (Lipinski definition) is 5. The van der Waals surface area contributed by atoms with Crippen molar-refractivity contribution in [2.75, 3.05) is 24.6 Å². The number of aryl methyl sites for hydroxylation is 2. The van der Waals surface area contributed by atoms with Crippen LogP contribution in [0.1, 0.15) is 27.3 Å². The lowest BCUT2D eigenvalue weighted by molar-refractivity contribution is 0.0968. The highest BCUT2D eigenvalue weighted by Gasteiger charge is 2.12. The Hall–Kier alpha value is -2.02. The Morgan fingerprint density at radius 2 is 2.35 bits per heavy atom. The zero-order valence-corrected chi connectivity index (χ0v) is 12.4. The molecule has 0 aliphatic rings. The van der Waals surface area contributed by atoms with Crippen molar-refractivity contribution < 1.29 is 4.79 Å². The number of rotatable bonds is 6. The summed E-state index contributed by atoms with van der Waals surface area (Å²) in [5.74, 6) is -0.144. The van der Waals surface area contributed by atoms with Gasteiger partial charge in [-0.1, -0.05) is 0 Å². The van der Waals surface area contributed by atoms with Gasteiger partial charge >= 0.3 is 0 Å². The molecule has 0 saturated carbocycles. The van der Waals surface area contributed by atoms with E-state index < -0.39 is 0 Å². The van der Waals surface area contributed by atoms with Crippen molar-refractivity contribution in [1.82, 2.24) is 15.5 Å². The molecule has 6 nitrogen and oxygen atoms in total. The maximum Gasteiger partial charge on any atom is 0.263 e. The molecule has 2 heterocycles. The van der Waals surface area contributed by atoms with E-state index in [0.717, 1.165) is 30.1 Å². The normalized spacial score (nSPS) is 10.5. The average Bonchev–Trinajstić information content (AvgIpc) is 3.00. The molecule has 0 saturated heterocycles. The van der Waals surface area contributed by atoms with Gasteiger partial charge in [0.05, 0.1) is 16.9 Å². The van der Waals surface area contributed by atoms with E-state index in [9.17, 15) is 4.79 Å². The molecule has 0 spiro atoms. The van der Waals surface area contributed by atoms with Crippen LogP contribution >= 0.6 is 11.3 Å². The van der Waals surface area contributed by atoms with Gasteiger partial charge < -0.3 is 16.4 Å². The first kappa shape index (κ1) is 14.4. The monoisotopic (exact) mass is 293 g/mol. The van der Waals surface area contributed by atoms with Gasteiger partial charge in [0.25, 0.3) is 5.91 Å². The first-order chi connectivity index (χ1) is 9.61. The van der Waals surface area contributed by atoms with Crippen molar-refractivity contribution in [2.24, 2.45) is 0 Å². The molecular weight excluding hydrogens is 274 g/mol. The number of H-pyrrole nitrogens is 1. The molecule has 2 aromatic rings. The third kappa shape index (κ3) is 3.30. The molecule has 20 heavy (non-hydrogen) atoms. The van der Waals surface area contributed by atoms with Crippen LogP contribution in [-0.2, 0) is 6.42 Å². The van der Waals surface area contributed by atoms with E-state index in [-0.39, 0.29) is 5.91 Å². The molecule has 0 aliphatic carbocycles. The van der Waals surface area contributed by atoms with E-state index in [1.54, 1.807) is 13.1 Å². The number of hydrogen-bond donors (Lipinski definition) is 4. The average molecular weight is 293 g/mol. The number of nitrogens with two attached hydrogens (primary N) is 1. The van der Waals surface area contributed by atoms with Crippen LogP contribution in [0.15, 0.2) is 12.3 Å². The summed E-state index contributed by atoms with van der Waals surface area (Å²) in [6, 6.07) is 1.80. The number of nitrogens with zero attached hydrogens (tertiary/aromatic N) is 1. The molecule has 0 bridgehead atoms. The van der Waals surface area contributed by atoms with E-state index in [0.29, 0.717) is 10.6 Å². The number of carbonyl (C=O) groups excluding carboxylic acids is 1. The minimum Gasteiger partial charge on any atom is -0.397 e. The van der Waals surface area contributed by atoms with Crippen molar-refractivity contribution in [3.63, 3.8) is 0 Å². The third-order valence-corrected chi connectivity index (χ3v) is 4.16. The minimum atomic E-state index is -0.144. The van der Waals surface area contributed by atoms with Gasteiger partial charge in [-0.15, -0.1) is 11.3 Å². The van der Waals surface area contributed by atoms with Gasteiger partial charge in [-0.2, -0.15) is 5.10 Å². The topological polar surface area (TPSA) is 95.8 Å². The molecular formula is C13H19N5OS. The zero-order valence-electron chi connectivity index (χ0n) is 11.6. The second kappa shape index (κ2) is 6.42. The number of thiophene rings is 1. The van der Waals surface area contributed by atoms with Crippen molar-refractivity contribution >= 4 is 27.9 Å². The highest BCUT2D eigenvalue weighted by atomic mass is 32.1. The highest BCUT2D eigenvalue weighted by molar-refractivity contribution is 7.18. The summed E-state index contributed by atoms with van der Waals surface area (Å²) in [4.78, 5) is 12.1. The maximum atomic E-state index is 11.6. The fourth-order valence-corrected chi connectivity index (χ4v) is 2.85. The number of aromatic nitrogens is 2. The number of anilines is 2. The fraction of sp³-hybridized carbons (Fsp3) is 0.385. The quantitative estimate of drug-likeness (QED) is 0.610. The van der Waals surface area contributed by atoms with Crippen LogP contribution in [0.2, 0.25) is 0 Å². The van der Waals surface area contributed by atoms with Crippen molar-refractivity contribution in [3.05, 3.63) is 28.4 Å². The van der Waals surface area contributed by atoms with Crippen LogP contribution in [0, 0.1) is 6.92 Å². The van der Waals surface area contributed by atoms with Crippen molar-refractivity contribution in [1.29, 1.82) is 0 Å². The molecule has 2 rings (SSSR count). The Morgan fingerprint density at radius 1 is 1.55 bits per heavy atom. The van der Waals surface area contributed by atoms with E-state index in [2.05, 4.69) is 20.8 Å². The Kier molecular flexibility index (Phi) is 4.62. The lowest BCUT2D eigenvalue weighted by Crippen LogP contribution is -2.17. The van der Waals surface area contributed by atoms with Crippen LogP contribution in [0.5, 0.6) is 0 Å². The summed E-state index contributed by atoms with van der Waals surface area (Å²) in [5, 5.41) is 13.7. The molecule has 0 aromatic carbocycles. The van der Waals surface area contributed by atoms with Crippen LogP contribution in [0.4, 0.5) is 10.7 Å². The van der Waals surface area contributed by atoms with E-state index in [4.69, 9.17) is 5.73 Å². The molecule has 1 amide bonds. The van der Waals surface area contributed by atoms with Gasteiger partial charge in [0.2, 0.25) is 0 Å². The van der Waals surface area contributed by atoms with E-state index in [1.165, 1.54) is 16.9 Å². The summed E-state index contributed by atoms with van der Waals surface area (Å²) < 4.78 is 0. The Labute approximate surface area is 121 Å². The SMILES string of the molecule is CNC(=O)c1sc(NCCCc2cn[nH]c2C)cc1N. The number of nitrogens with one attached hydrogen (secondary N) is 3. The van der Waals surface area contributed by atoms with Crippen LogP contribution in [-0.4, -0.2) is 29.7 Å². The number of nitrogen functional groups attached to an aromatic ring is 1. The Balaban J connectivity index is 1.83. The fourth-order valence-electron chi connectivity index (χ4n) is 1.90. The number of aromatic amines is 1. The molecule has 0 fully saturated rings. The van der Waals surface area contributed by atoms with E-state index >= 15 is 0 Å². The first-order valence-electron chi connectivity index (χ1n) is 6.46. The summed E-state index contributed by atoms with van der Waals surface area (Å²) >= 11 is 1.38. The molecule has 0 atom stereocenters. The lowest BCUT2D eigenvalue weighted by atomic mass is 10.1. The lowest BCUT2D eigenvalue weighted by Gasteiger charge is -2.02. The maximum absolute atomic E-state index is 11.6. The Bertz CT molecular complexity index is 589. The van der Waals surface area contributed by atoms with E-state index in [1.807, 2.05) is 13.1 Å². The smallest absolute Gasteiger partial charge is 0.263 e. The standard InChI is InChI=1S/C13H19N5OS/c1-8-9(7-17-18-8)4-3-5-16-11-6-10(14)12(20-11)13(19)15-2/h6-7,16H,3-5,14H2,1-2H3,(H,15,19)(H,17,18). The molecule has 2 aromatic heterocycles. The number of carbonyl (C=O) groups is 1. The van der Waals surface area contributed by atoms with Crippen molar-refractivity contribution in [3.8, 4) is 0 Å². The molecule has 0 radical (unpaired) electrons. The van der Waals surface area contributed by atoms with Crippen LogP contribution < -0.4 is 16.4 Å². The molecule has 5 N–H and O–H groups in total. The third-order valence-electron chi connectivity index (χ3n) is 3.05. The van der Waals surface area contributed by atoms with Crippen LogP contribution in [0.3, 0.4) is 0 Å².